The van der Waals surface area contributed by atoms with Gasteiger partial charge in [-0.2, -0.15) is 0 Å². The van der Waals surface area contributed by atoms with E-state index in [-0.39, 0.29) is 17.7 Å². The van der Waals surface area contributed by atoms with Crippen molar-refractivity contribution < 1.29 is 13.2 Å². The third-order valence-corrected chi connectivity index (χ3v) is 6.87. The molecule has 7 heteroatoms. The first-order valence-electron chi connectivity index (χ1n) is 8.10. The molecule has 0 spiro atoms. The molecule has 1 aliphatic rings. The van der Waals surface area contributed by atoms with E-state index in [9.17, 15) is 13.2 Å². The first kappa shape index (κ1) is 17.9. The third-order valence-electron chi connectivity index (χ3n) is 4.35. The van der Waals surface area contributed by atoms with Gasteiger partial charge in [-0.3, -0.25) is 4.79 Å². The zero-order valence-corrected chi connectivity index (χ0v) is 15.6. The molecule has 25 heavy (non-hydrogen) atoms. The number of amides is 1. The van der Waals surface area contributed by atoms with E-state index in [2.05, 4.69) is 4.98 Å². The Labute approximate surface area is 152 Å². The van der Waals surface area contributed by atoms with Gasteiger partial charge in [-0.05, 0) is 43.4 Å². The minimum Gasteiger partial charge on any atom is -0.335 e. The van der Waals surface area contributed by atoms with Crippen LogP contribution in [0.3, 0.4) is 0 Å². The summed E-state index contributed by atoms with van der Waals surface area (Å²) in [6.07, 6.45) is 5.05. The van der Waals surface area contributed by atoms with Crippen molar-refractivity contribution in [2.75, 3.05) is 18.6 Å². The standard InChI is InChI=1S/C18H20N2O3S2/c1-24-17-16(10-5-11-19-17)18(21)20-12-6-7-14(20)13-25(22,23)15-8-3-2-4-9-15/h2-5,8-11,14H,6-7,12-13H2,1H3/t14-/m0/s1. The number of sulfone groups is 1. The molecule has 1 aromatic carbocycles. The van der Waals surface area contributed by atoms with Crippen LogP contribution in [-0.4, -0.2) is 48.8 Å². The zero-order valence-electron chi connectivity index (χ0n) is 14.0. The molecule has 132 valence electrons. The Morgan fingerprint density at radius 1 is 1.24 bits per heavy atom. The second-order valence-corrected chi connectivity index (χ2v) is 8.78. The first-order chi connectivity index (χ1) is 12.0. The SMILES string of the molecule is CSc1ncccc1C(=O)N1CCC[C@H]1CS(=O)(=O)c1ccccc1. The Morgan fingerprint density at radius 3 is 2.72 bits per heavy atom. The molecule has 1 atom stereocenters. The predicted octanol–water partition coefficient (Wildman–Crippen LogP) is 2.88. The van der Waals surface area contributed by atoms with Gasteiger partial charge in [0, 0.05) is 18.8 Å². The van der Waals surface area contributed by atoms with E-state index in [1.54, 1.807) is 53.6 Å². The molecule has 5 nitrogen and oxygen atoms in total. The van der Waals surface area contributed by atoms with E-state index in [0.717, 1.165) is 6.42 Å². The number of benzene rings is 1. The summed E-state index contributed by atoms with van der Waals surface area (Å²) >= 11 is 1.42. The molecular weight excluding hydrogens is 356 g/mol. The molecule has 2 heterocycles. The van der Waals surface area contributed by atoms with Gasteiger partial charge in [0.25, 0.3) is 5.91 Å². The summed E-state index contributed by atoms with van der Waals surface area (Å²) in [5.41, 5.74) is 0.541. The summed E-state index contributed by atoms with van der Waals surface area (Å²) in [6, 6.07) is 11.6. The maximum Gasteiger partial charge on any atom is 0.256 e. The van der Waals surface area contributed by atoms with Gasteiger partial charge in [0.2, 0.25) is 0 Å². The van der Waals surface area contributed by atoms with Crippen molar-refractivity contribution in [3.63, 3.8) is 0 Å². The maximum absolute atomic E-state index is 12.9. The van der Waals surface area contributed by atoms with Crippen LogP contribution in [0.1, 0.15) is 23.2 Å². The van der Waals surface area contributed by atoms with Crippen LogP contribution in [0.25, 0.3) is 0 Å². The highest BCUT2D eigenvalue weighted by Crippen LogP contribution is 2.26. The molecule has 1 fully saturated rings. The minimum atomic E-state index is -3.42. The lowest BCUT2D eigenvalue weighted by molar-refractivity contribution is 0.0745. The molecule has 1 aliphatic heterocycles. The van der Waals surface area contributed by atoms with Crippen molar-refractivity contribution in [2.24, 2.45) is 0 Å². The number of carbonyl (C=O) groups is 1. The van der Waals surface area contributed by atoms with Gasteiger partial charge in [-0.1, -0.05) is 18.2 Å². The van der Waals surface area contributed by atoms with Crippen molar-refractivity contribution in [1.82, 2.24) is 9.88 Å². The Kier molecular flexibility index (Phi) is 5.44. The molecular formula is C18H20N2O3S2. The van der Waals surface area contributed by atoms with Crippen LogP contribution in [0, 0.1) is 0 Å². The van der Waals surface area contributed by atoms with E-state index in [1.165, 1.54) is 11.8 Å². The number of carbonyl (C=O) groups excluding carboxylic acids is 1. The average molecular weight is 377 g/mol. The fourth-order valence-corrected chi connectivity index (χ4v) is 5.28. The van der Waals surface area contributed by atoms with E-state index in [4.69, 9.17) is 0 Å². The molecule has 0 unspecified atom stereocenters. The zero-order chi connectivity index (χ0) is 17.9. The van der Waals surface area contributed by atoms with E-state index < -0.39 is 9.84 Å². The number of nitrogens with zero attached hydrogens (tertiary/aromatic N) is 2. The van der Waals surface area contributed by atoms with Crippen molar-refractivity contribution in [3.05, 3.63) is 54.2 Å². The van der Waals surface area contributed by atoms with Gasteiger partial charge in [-0.15, -0.1) is 11.8 Å². The van der Waals surface area contributed by atoms with Crippen molar-refractivity contribution in [2.45, 2.75) is 28.8 Å². The van der Waals surface area contributed by atoms with E-state index in [1.807, 2.05) is 6.26 Å². The van der Waals surface area contributed by atoms with Crippen molar-refractivity contribution in [3.8, 4) is 0 Å². The largest absolute Gasteiger partial charge is 0.335 e. The highest BCUT2D eigenvalue weighted by atomic mass is 32.2. The topological polar surface area (TPSA) is 67.3 Å². The fourth-order valence-electron chi connectivity index (χ4n) is 3.12. The number of hydrogen-bond donors (Lipinski definition) is 0. The van der Waals surface area contributed by atoms with Gasteiger partial charge in [0.1, 0.15) is 5.03 Å². The van der Waals surface area contributed by atoms with Gasteiger partial charge >= 0.3 is 0 Å². The van der Waals surface area contributed by atoms with Crippen LogP contribution in [0.2, 0.25) is 0 Å². The summed E-state index contributed by atoms with van der Waals surface area (Å²) in [7, 11) is -3.42. The molecule has 0 aliphatic carbocycles. The molecule has 0 radical (unpaired) electrons. The van der Waals surface area contributed by atoms with Crippen LogP contribution >= 0.6 is 11.8 Å². The Balaban J connectivity index is 1.82. The van der Waals surface area contributed by atoms with Crippen LogP contribution < -0.4 is 0 Å². The lowest BCUT2D eigenvalue weighted by Gasteiger charge is -2.25. The lowest BCUT2D eigenvalue weighted by Crippen LogP contribution is -2.40. The number of thioether (sulfide) groups is 1. The highest BCUT2D eigenvalue weighted by molar-refractivity contribution is 7.98. The average Bonchev–Trinajstić information content (AvgIpc) is 3.09. The summed E-state index contributed by atoms with van der Waals surface area (Å²) < 4.78 is 25.3. The lowest BCUT2D eigenvalue weighted by atomic mass is 10.2. The fraction of sp³-hybridized carbons (Fsp3) is 0.333. The Bertz CT molecular complexity index is 854. The number of likely N-dealkylation sites (tertiary alicyclic amines) is 1. The number of aromatic nitrogens is 1. The summed E-state index contributed by atoms with van der Waals surface area (Å²) in [5, 5.41) is 0.670. The van der Waals surface area contributed by atoms with Gasteiger partial charge in [0.05, 0.1) is 16.2 Å². The molecule has 1 amide bonds. The molecule has 3 rings (SSSR count). The van der Waals surface area contributed by atoms with Crippen molar-refractivity contribution in [1.29, 1.82) is 0 Å². The molecule has 1 aromatic heterocycles. The second kappa shape index (κ2) is 7.58. The van der Waals surface area contributed by atoms with Crippen LogP contribution in [0.4, 0.5) is 0 Å². The molecule has 0 bridgehead atoms. The van der Waals surface area contributed by atoms with E-state index in [0.29, 0.717) is 28.5 Å². The molecule has 0 saturated carbocycles. The maximum atomic E-state index is 12.9. The third kappa shape index (κ3) is 3.88. The van der Waals surface area contributed by atoms with Gasteiger partial charge in [-0.25, -0.2) is 13.4 Å². The predicted molar refractivity (Wildman–Crippen MR) is 98.6 cm³/mol. The van der Waals surface area contributed by atoms with Gasteiger partial charge in [0.15, 0.2) is 9.84 Å². The van der Waals surface area contributed by atoms with Crippen LogP contribution in [0.5, 0.6) is 0 Å². The van der Waals surface area contributed by atoms with Crippen LogP contribution in [0.15, 0.2) is 58.6 Å². The Morgan fingerprint density at radius 2 is 2.00 bits per heavy atom. The highest BCUT2D eigenvalue weighted by Gasteiger charge is 2.34. The number of hydrogen-bond acceptors (Lipinski definition) is 5. The van der Waals surface area contributed by atoms with Gasteiger partial charge < -0.3 is 4.90 Å². The minimum absolute atomic E-state index is 0.0440. The quantitative estimate of drug-likeness (QED) is 0.751. The number of rotatable bonds is 5. The molecule has 0 N–H and O–H groups in total. The molecule has 2 aromatic rings. The number of pyridine rings is 1. The molecule has 1 saturated heterocycles. The summed E-state index contributed by atoms with van der Waals surface area (Å²) in [4.78, 5) is 19.2. The first-order valence-corrected chi connectivity index (χ1v) is 11.0. The summed E-state index contributed by atoms with van der Waals surface area (Å²) in [5.74, 6) is -0.180. The van der Waals surface area contributed by atoms with E-state index >= 15 is 0 Å². The second-order valence-electron chi connectivity index (χ2n) is 5.95. The summed E-state index contributed by atoms with van der Waals surface area (Å²) in [6.45, 7) is 0.580. The van der Waals surface area contributed by atoms with Crippen molar-refractivity contribution >= 4 is 27.5 Å². The van der Waals surface area contributed by atoms with Crippen LogP contribution in [-0.2, 0) is 9.84 Å². The normalized spacial score (nSPS) is 17.6. The monoisotopic (exact) mass is 376 g/mol. The smallest absolute Gasteiger partial charge is 0.256 e. The Hall–Kier alpha value is -1.86.